The monoisotopic (exact) mass is 326 g/mol. The van der Waals surface area contributed by atoms with Crippen LogP contribution in [-0.4, -0.2) is 16.6 Å². The van der Waals surface area contributed by atoms with E-state index in [2.05, 4.69) is 5.10 Å². The molecule has 0 aromatic heterocycles. The second kappa shape index (κ2) is 6.74. The molecular weight excluding hydrogens is 310 g/mol. The maximum absolute atomic E-state index is 13.1. The number of nitrogens with zero attached hydrogens (tertiary/aromatic N) is 2. The Balaban J connectivity index is 1.80. The summed E-state index contributed by atoms with van der Waals surface area (Å²) < 4.78 is 26.0. The number of benzene rings is 2. The van der Waals surface area contributed by atoms with Gasteiger partial charge in [0.05, 0.1) is 11.8 Å². The molecule has 122 valence electrons. The molecule has 0 fully saturated rings. The second-order valence-electron chi connectivity index (χ2n) is 5.61. The molecule has 3 nitrogen and oxygen atoms in total. The number of rotatable bonds is 3. The van der Waals surface area contributed by atoms with Gasteiger partial charge in [-0.15, -0.1) is 0 Å². The smallest absolute Gasteiger partial charge is 0.240 e. The summed E-state index contributed by atoms with van der Waals surface area (Å²) in [5.41, 5.74) is 2.42. The van der Waals surface area contributed by atoms with E-state index in [1.165, 1.54) is 36.2 Å². The van der Waals surface area contributed by atoms with Crippen LogP contribution in [0.15, 0.2) is 59.7 Å². The Kier molecular flexibility index (Phi) is 4.51. The molecule has 0 N–H and O–H groups in total. The summed E-state index contributed by atoms with van der Waals surface area (Å²) in [5.74, 6) is -0.775. The van der Waals surface area contributed by atoms with E-state index in [1.54, 1.807) is 24.3 Å². The summed E-state index contributed by atoms with van der Waals surface area (Å²) in [6, 6.07) is 12.0. The van der Waals surface area contributed by atoms with Crippen molar-refractivity contribution in [3.63, 3.8) is 0 Å². The molecule has 0 spiro atoms. The average molecular weight is 326 g/mol. The topological polar surface area (TPSA) is 32.7 Å². The fourth-order valence-electron chi connectivity index (χ4n) is 2.64. The number of halogens is 2. The van der Waals surface area contributed by atoms with Crippen molar-refractivity contribution in [1.82, 2.24) is 5.01 Å². The van der Waals surface area contributed by atoms with Gasteiger partial charge >= 0.3 is 0 Å². The lowest BCUT2D eigenvalue weighted by molar-refractivity contribution is -0.130. The van der Waals surface area contributed by atoms with Gasteiger partial charge in [-0.1, -0.05) is 30.3 Å². The van der Waals surface area contributed by atoms with E-state index in [9.17, 15) is 13.6 Å². The molecule has 1 aliphatic heterocycles. The van der Waals surface area contributed by atoms with Crippen molar-refractivity contribution in [3.8, 4) is 0 Å². The van der Waals surface area contributed by atoms with E-state index in [0.29, 0.717) is 6.42 Å². The van der Waals surface area contributed by atoms with Gasteiger partial charge in [-0.2, -0.15) is 5.10 Å². The van der Waals surface area contributed by atoms with Crippen LogP contribution in [0.3, 0.4) is 0 Å². The van der Waals surface area contributed by atoms with E-state index in [1.807, 2.05) is 12.2 Å². The zero-order chi connectivity index (χ0) is 17.1. The third-order valence-electron chi connectivity index (χ3n) is 3.85. The normalized spacial score (nSPS) is 17.4. The lowest BCUT2D eigenvalue weighted by Crippen LogP contribution is -2.24. The van der Waals surface area contributed by atoms with E-state index < -0.39 is 0 Å². The van der Waals surface area contributed by atoms with E-state index >= 15 is 0 Å². The van der Waals surface area contributed by atoms with E-state index in [4.69, 9.17) is 0 Å². The van der Waals surface area contributed by atoms with Crippen LogP contribution in [0.4, 0.5) is 8.78 Å². The van der Waals surface area contributed by atoms with Crippen molar-refractivity contribution < 1.29 is 13.6 Å². The lowest BCUT2D eigenvalue weighted by Gasteiger charge is -2.20. The molecule has 2 aromatic rings. The highest BCUT2D eigenvalue weighted by molar-refractivity contribution is 6.00. The van der Waals surface area contributed by atoms with Gasteiger partial charge in [0, 0.05) is 13.3 Å². The number of carbonyl (C=O) groups excluding carboxylic acids is 1. The maximum atomic E-state index is 13.1. The Hall–Kier alpha value is -2.82. The van der Waals surface area contributed by atoms with E-state index in [0.717, 1.165) is 16.8 Å². The van der Waals surface area contributed by atoms with Crippen molar-refractivity contribution in [2.75, 3.05) is 0 Å². The number of hydrogen-bond donors (Lipinski definition) is 0. The van der Waals surface area contributed by atoms with Gasteiger partial charge in [0.15, 0.2) is 0 Å². The van der Waals surface area contributed by atoms with Crippen molar-refractivity contribution in [1.29, 1.82) is 0 Å². The molecule has 1 heterocycles. The summed E-state index contributed by atoms with van der Waals surface area (Å²) >= 11 is 0. The van der Waals surface area contributed by atoms with Gasteiger partial charge in [-0.05, 0) is 41.5 Å². The molecule has 1 atom stereocenters. The first kappa shape index (κ1) is 16.1. The van der Waals surface area contributed by atoms with Crippen molar-refractivity contribution in [2.45, 2.75) is 19.4 Å². The Morgan fingerprint density at radius 1 is 1.04 bits per heavy atom. The van der Waals surface area contributed by atoms with Crippen LogP contribution in [-0.2, 0) is 4.79 Å². The quantitative estimate of drug-likeness (QED) is 0.826. The van der Waals surface area contributed by atoms with Crippen LogP contribution in [0.5, 0.6) is 0 Å². The van der Waals surface area contributed by atoms with Crippen molar-refractivity contribution in [2.24, 2.45) is 5.10 Å². The molecule has 0 radical (unpaired) electrons. The Labute approximate surface area is 138 Å². The first-order chi connectivity index (χ1) is 11.5. The minimum absolute atomic E-state index is 0.172. The fraction of sp³-hybridized carbons (Fsp3) is 0.158. The number of amides is 1. The fourth-order valence-corrected chi connectivity index (χ4v) is 2.64. The molecule has 1 amide bonds. The molecule has 0 aliphatic carbocycles. The summed E-state index contributed by atoms with van der Waals surface area (Å²) in [6.07, 6.45) is 4.18. The van der Waals surface area contributed by atoms with Gasteiger partial charge in [0.2, 0.25) is 5.91 Å². The van der Waals surface area contributed by atoms with Crippen molar-refractivity contribution >= 4 is 17.7 Å². The van der Waals surface area contributed by atoms with Crippen LogP contribution < -0.4 is 0 Å². The number of hydrogen-bond acceptors (Lipinski definition) is 2. The first-order valence-electron chi connectivity index (χ1n) is 7.59. The van der Waals surface area contributed by atoms with Crippen LogP contribution in [0, 0.1) is 11.6 Å². The summed E-state index contributed by atoms with van der Waals surface area (Å²) in [5, 5.41) is 5.76. The third kappa shape index (κ3) is 3.56. The minimum atomic E-state index is -0.316. The lowest BCUT2D eigenvalue weighted by atomic mass is 10.0. The van der Waals surface area contributed by atoms with Crippen LogP contribution in [0.2, 0.25) is 0 Å². The predicted molar refractivity (Wildman–Crippen MR) is 89.1 cm³/mol. The Morgan fingerprint density at radius 2 is 1.62 bits per heavy atom. The first-order valence-corrected chi connectivity index (χ1v) is 7.59. The average Bonchev–Trinajstić information content (AvgIpc) is 3.00. The van der Waals surface area contributed by atoms with Crippen LogP contribution >= 0.6 is 0 Å². The molecule has 1 aliphatic rings. The molecule has 24 heavy (non-hydrogen) atoms. The predicted octanol–water partition coefficient (Wildman–Crippen LogP) is 4.33. The summed E-state index contributed by atoms with van der Waals surface area (Å²) in [4.78, 5) is 11.8. The summed E-state index contributed by atoms with van der Waals surface area (Å²) in [7, 11) is 0. The molecule has 5 heteroatoms. The Bertz CT molecular complexity index is 795. The van der Waals surface area contributed by atoms with Gasteiger partial charge in [-0.3, -0.25) is 4.79 Å². The molecule has 2 aromatic carbocycles. The van der Waals surface area contributed by atoms with Crippen molar-refractivity contribution in [3.05, 3.63) is 77.4 Å². The second-order valence-corrected chi connectivity index (χ2v) is 5.61. The van der Waals surface area contributed by atoms with Crippen LogP contribution in [0.25, 0.3) is 6.08 Å². The molecule has 3 rings (SSSR count). The standard InChI is InChI=1S/C19H16F2N2O/c1-13(24)23-19(15-5-9-17(21)10-6-15)12-18(22-23)11-4-14-2-7-16(20)8-3-14/h2-11,19H,12H2,1H3/b11-4+. The molecule has 0 saturated heterocycles. The largest absolute Gasteiger partial charge is 0.273 e. The molecule has 1 unspecified atom stereocenters. The number of carbonyl (C=O) groups is 1. The van der Waals surface area contributed by atoms with Gasteiger partial charge in [-0.25, -0.2) is 13.8 Å². The van der Waals surface area contributed by atoms with Crippen LogP contribution in [0.1, 0.15) is 30.5 Å². The molecular formula is C19H16F2N2O. The summed E-state index contributed by atoms with van der Waals surface area (Å²) in [6.45, 7) is 1.45. The number of hydrazone groups is 1. The highest BCUT2D eigenvalue weighted by Crippen LogP contribution is 2.31. The highest BCUT2D eigenvalue weighted by Gasteiger charge is 2.29. The Morgan fingerprint density at radius 3 is 2.21 bits per heavy atom. The number of allylic oxidation sites excluding steroid dienone is 1. The SMILES string of the molecule is CC(=O)N1N=C(/C=C/c2ccc(F)cc2)CC1c1ccc(F)cc1. The highest BCUT2D eigenvalue weighted by atomic mass is 19.1. The third-order valence-corrected chi connectivity index (χ3v) is 3.85. The van der Waals surface area contributed by atoms with Gasteiger partial charge in [0.25, 0.3) is 0 Å². The maximum Gasteiger partial charge on any atom is 0.240 e. The van der Waals surface area contributed by atoms with Gasteiger partial charge in [0.1, 0.15) is 11.6 Å². The van der Waals surface area contributed by atoms with E-state index in [-0.39, 0.29) is 23.6 Å². The zero-order valence-corrected chi connectivity index (χ0v) is 13.1. The van der Waals surface area contributed by atoms with Gasteiger partial charge < -0.3 is 0 Å². The zero-order valence-electron chi connectivity index (χ0n) is 13.1. The minimum Gasteiger partial charge on any atom is -0.273 e. The molecule has 0 saturated carbocycles. The molecule has 0 bridgehead atoms.